The van der Waals surface area contributed by atoms with E-state index in [1.54, 1.807) is 4.90 Å². The standard InChI is InChI=1S/C25H28NO2S.C4HF9O3S/c1-5-26(6-2)25(27)28-24-19(3)17-23(18-20(24)4)29(21-13-9-7-10-14-21)22-15-11-8-12-16-22;5-1(6,3(9,10)11)2(7,8)4(12,13)17-16-15-14/h7-18H,5-6H2,1-4H3;14H/q+1;/p-1. The lowest BCUT2D eigenvalue weighted by molar-refractivity contribution is -0.777. The Morgan fingerprint density at radius 3 is 1.57 bits per heavy atom. The van der Waals surface area contributed by atoms with Crippen molar-refractivity contribution >= 4 is 29.0 Å². The van der Waals surface area contributed by atoms with E-state index in [0.717, 1.165) is 11.1 Å². The number of hydrogen-bond donors (Lipinski definition) is 0. The lowest BCUT2D eigenvalue weighted by atomic mass is 10.1. The van der Waals surface area contributed by atoms with Gasteiger partial charge in [0, 0.05) is 25.2 Å². The van der Waals surface area contributed by atoms with Crippen LogP contribution in [0, 0.1) is 13.8 Å². The van der Waals surface area contributed by atoms with Gasteiger partial charge in [-0.05, 0) is 63.1 Å². The van der Waals surface area contributed by atoms with Crippen molar-refractivity contribution in [3.63, 3.8) is 0 Å². The summed E-state index contributed by atoms with van der Waals surface area (Å²) in [6.07, 6.45) is -7.21. The molecule has 0 unspecified atom stereocenters. The first-order valence-corrected chi connectivity index (χ1v) is 15.1. The van der Waals surface area contributed by atoms with Gasteiger partial charge in [-0.25, -0.2) is 4.79 Å². The molecule has 0 aliphatic heterocycles. The van der Waals surface area contributed by atoms with Gasteiger partial charge < -0.3 is 14.9 Å². The van der Waals surface area contributed by atoms with E-state index in [-0.39, 0.29) is 17.0 Å². The van der Waals surface area contributed by atoms with Gasteiger partial charge in [0.1, 0.15) is 17.8 Å². The van der Waals surface area contributed by atoms with Gasteiger partial charge in [-0.1, -0.05) is 36.4 Å². The minimum atomic E-state index is -7.03. The first-order valence-electron chi connectivity index (χ1n) is 13.1. The number of amides is 1. The van der Waals surface area contributed by atoms with Crippen LogP contribution in [0.4, 0.5) is 44.3 Å². The average molecular weight is 706 g/mol. The van der Waals surface area contributed by atoms with Crippen LogP contribution in [0.1, 0.15) is 25.0 Å². The Kier molecular flexibility index (Phi) is 13.7. The van der Waals surface area contributed by atoms with Gasteiger partial charge in [0.25, 0.3) is 0 Å². The number of rotatable bonds is 11. The lowest BCUT2D eigenvalue weighted by Crippen LogP contribution is -2.59. The van der Waals surface area contributed by atoms with Gasteiger partial charge in [0.05, 0.1) is 10.9 Å². The minimum absolute atomic E-state index is 0.219. The summed E-state index contributed by atoms with van der Waals surface area (Å²) in [5, 5.41) is 5.12. The predicted molar refractivity (Wildman–Crippen MR) is 151 cm³/mol. The molecule has 254 valence electrons. The first kappa shape index (κ1) is 39.1. The highest BCUT2D eigenvalue weighted by atomic mass is 32.2. The number of nitrogens with zero attached hydrogens (tertiary/aromatic N) is 1. The zero-order chi connectivity index (χ0) is 34.9. The molecule has 3 aromatic rings. The smallest absolute Gasteiger partial charge is 0.460 e. The molecule has 0 N–H and O–H groups in total. The number of hydrogen-bond acceptors (Lipinski definition) is 6. The van der Waals surface area contributed by atoms with Crippen LogP contribution in [0.5, 0.6) is 5.75 Å². The Bertz CT molecular complexity index is 1350. The van der Waals surface area contributed by atoms with Crippen molar-refractivity contribution in [1.29, 1.82) is 0 Å². The number of ether oxygens (including phenoxy) is 1. The van der Waals surface area contributed by atoms with Gasteiger partial charge in [0.15, 0.2) is 14.7 Å². The fraction of sp³-hybridized carbons (Fsp3) is 0.345. The fourth-order valence-corrected chi connectivity index (χ4v) is 6.42. The van der Waals surface area contributed by atoms with E-state index in [2.05, 4.69) is 70.0 Å². The molecule has 0 aliphatic rings. The summed E-state index contributed by atoms with van der Waals surface area (Å²) < 4.78 is 116. The molecule has 46 heavy (non-hydrogen) atoms. The summed E-state index contributed by atoms with van der Waals surface area (Å²) in [5.74, 6) is -13.2. The first-order chi connectivity index (χ1) is 21.4. The number of aryl methyl sites for hydroxylation is 2. The molecule has 0 saturated heterocycles. The maximum atomic E-state index is 12.4. The Hall–Kier alpha value is -3.12. The third-order valence-electron chi connectivity index (χ3n) is 6.12. The van der Waals surface area contributed by atoms with Gasteiger partial charge in [-0.2, -0.15) is 43.8 Å². The molecule has 0 spiro atoms. The van der Waals surface area contributed by atoms with E-state index in [4.69, 9.17) is 9.99 Å². The van der Waals surface area contributed by atoms with Crippen LogP contribution >= 0.6 is 12.0 Å². The number of halogens is 9. The largest absolute Gasteiger partial charge is 0.691 e. The highest BCUT2D eigenvalue weighted by Gasteiger charge is 2.82. The molecule has 17 heteroatoms. The summed E-state index contributed by atoms with van der Waals surface area (Å²) in [4.78, 5) is 17.9. The number of benzene rings is 3. The monoisotopic (exact) mass is 705 g/mol. The maximum absolute atomic E-state index is 12.4. The number of carbonyl (C=O) groups excluding carboxylic acids is 1. The second-order valence-electron chi connectivity index (χ2n) is 9.24. The Morgan fingerprint density at radius 2 is 1.20 bits per heavy atom. The molecule has 0 saturated carbocycles. The van der Waals surface area contributed by atoms with Crippen LogP contribution in [-0.4, -0.2) is 47.4 Å². The molecular weight excluding hydrogens is 677 g/mol. The lowest BCUT2D eigenvalue weighted by Gasteiger charge is -2.32. The average Bonchev–Trinajstić information content (AvgIpc) is 2.99. The molecule has 0 heterocycles. The third-order valence-corrected chi connectivity index (χ3v) is 8.90. The van der Waals surface area contributed by atoms with Crippen molar-refractivity contribution < 1.29 is 63.7 Å². The number of alkyl halides is 9. The molecule has 0 aliphatic carbocycles. The van der Waals surface area contributed by atoms with Crippen LogP contribution in [-0.2, 0) is 20.3 Å². The highest BCUT2D eigenvalue weighted by Crippen LogP contribution is 2.56. The van der Waals surface area contributed by atoms with Gasteiger partial charge in [-0.3, -0.25) is 5.04 Å². The van der Waals surface area contributed by atoms with E-state index < -0.39 is 35.3 Å². The van der Waals surface area contributed by atoms with Crippen molar-refractivity contribution in [3.05, 3.63) is 83.9 Å². The van der Waals surface area contributed by atoms with Crippen LogP contribution in [0.3, 0.4) is 0 Å². The van der Waals surface area contributed by atoms with Crippen LogP contribution in [0.15, 0.2) is 87.5 Å². The molecule has 0 fully saturated rings. The molecular formula is C29H28F9NO5S2. The zero-order valence-corrected chi connectivity index (χ0v) is 26.2. The molecule has 0 aromatic heterocycles. The predicted octanol–water partition coefficient (Wildman–Crippen LogP) is 8.52. The topological polar surface area (TPSA) is 71.1 Å². The Labute approximate surface area is 265 Å². The van der Waals surface area contributed by atoms with E-state index in [9.17, 15) is 44.3 Å². The second-order valence-corrected chi connectivity index (χ2v) is 12.1. The number of carbonyl (C=O) groups is 1. The SMILES string of the molecule is CCN(CC)C(=O)Oc1c(C)cc([S+](c2ccccc2)c2ccccc2)cc1C.[O-]OOSC(F)(F)C(F)(F)C(F)(F)C(F)(F)F. The zero-order valence-electron chi connectivity index (χ0n) is 24.5. The van der Waals surface area contributed by atoms with Crippen LogP contribution < -0.4 is 9.99 Å². The summed E-state index contributed by atoms with van der Waals surface area (Å²) in [5.41, 5.74) is 1.95. The molecule has 3 aromatic carbocycles. The van der Waals surface area contributed by atoms with Crippen molar-refractivity contribution in [2.45, 2.75) is 65.7 Å². The fourth-order valence-electron chi connectivity index (χ4n) is 3.81. The summed E-state index contributed by atoms with van der Waals surface area (Å²) in [7, 11) is -0.219. The van der Waals surface area contributed by atoms with Crippen molar-refractivity contribution in [2.75, 3.05) is 13.1 Å². The van der Waals surface area contributed by atoms with Crippen molar-refractivity contribution in [3.8, 4) is 5.75 Å². The van der Waals surface area contributed by atoms with E-state index in [1.165, 1.54) is 14.7 Å². The molecule has 6 nitrogen and oxygen atoms in total. The molecule has 0 radical (unpaired) electrons. The van der Waals surface area contributed by atoms with Crippen LogP contribution in [0.25, 0.3) is 0 Å². The van der Waals surface area contributed by atoms with E-state index in [0.29, 0.717) is 18.8 Å². The normalized spacial score (nSPS) is 12.4. The Balaban J connectivity index is 0.000000372. The highest BCUT2D eigenvalue weighted by molar-refractivity contribution is 7.97. The Morgan fingerprint density at radius 1 is 0.761 bits per heavy atom. The van der Waals surface area contributed by atoms with Crippen molar-refractivity contribution in [2.24, 2.45) is 0 Å². The van der Waals surface area contributed by atoms with Gasteiger partial charge in [-0.15, -0.1) is 0 Å². The van der Waals surface area contributed by atoms with Gasteiger partial charge in [0.2, 0.25) is 0 Å². The van der Waals surface area contributed by atoms with E-state index in [1.807, 2.05) is 39.8 Å². The quantitative estimate of drug-likeness (QED) is 0.0655. The molecule has 1 amide bonds. The summed E-state index contributed by atoms with van der Waals surface area (Å²) in [6, 6.07) is 25.4. The third kappa shape index (κ3) is 9.02. The molecule has 0 bridgehead atoms. The maximum Gasteiger partial charge on any atom is 0.460 e. The molecule has 3 rings (SSSR count). The van der Waals surface area contributed by atoms with Crippen molar-refractivity contribution in [1.82, 2.24) is 4.90 Å². The van der Waals surface area contributed by atoms with Gasteiger partial charge >= 0.3 is 29.4 Å². The van der Waals surface area contributed by atoms with Crippen LogP contribution in [0.2, 0.25) is 0 Å². The minimum Gasteiger partial charge on any atom is -0.691 e. The second kappa shape index (κ2) is 16.1. The summed E-state index contributed by atoms with van der Waals surface area (Å²) >= 11 is -1.97. The summed E-state index contributed by atoms with van der Waals surface area (Å²) in [6.45, 7) is 9.21. The van der Waals surface area contributed by atoms with E-state index >= 15 is 0 Å². The molecule has 0 atom stereocenters.